The Balaban J connectivity index is 1.49. The summed E-state index contributed by atoms with van der Waals surface area (Å²) in [4.78, 5) is 10.8. The highest BCUT2D eigenvalue weighted by Crippen LogP contribution is 2.25. The normalized spacial score (nSPS) is 14.1. The van der Waals surface area contributed by atoms with Gasteiger partial charge < -0.3 is 14.5 Å². The van der Waals surface area contributed by atoms with Crippen molar-refractivity contribution < 1.29 is 9.47 Å². The lowest BCUT2D eigenvalue weighted by Gasteiger charge is -2.26. The van der Waals surface area contributed by atoms with Crippen LogP contribution in [0.5, 0.6) is 5.75 Å². The van der Waals surface area contributed by atoms with Crippen molar-refractivity contribution in [3.05, 3.63) is 71.0 Å². The van der Waals surface area contributed by atoms with E-state index in [-0.39, 0.29) is 0 Å². The molecule has 0 aliphatic carbocycles. The van der Waals surface area contributed by atoms with Crippen LogP contribution in [0.25, 0.3) is 11.4 Å². The molecule has 140 valence electrons. The number of fused-ring (bicyclic) bond motifs is 1. The van der Waals surface area contributed by atoms with Crippen LogP contribution in [0.15, 0.2) is 48.5 Å². The van der Waals surface area contributed by atoms with Gasteiger partial charge in [0.05, 0.1) is 25.1 Å². The molecule has 0 saturated carbocycles. The van der Waals surface area contributed by atoms with Gasteiger partial charge in [-0.1, -0.05) is 36.4 Å². The smallest absolute Gasteiger partial charge is 0.137 e. The Morgan fingerprint density at radius 1 is 1.11 bits per heavy atom. The van der Waals surface area contributed by atoms with Gasteiger partial charge in [-0.2, -0.15) is 0 Å². The largest absolute Gasteiger partial charge is 0.496 e. The van der Waals surface area contributed by atoms with Crippen molar-refractivity contribution in [3.8, 4) is 17.1 Å². The second-order valence-corrected chi connectivity index (χ2v) is 6.92. The van der Waals surface area contributed by atoms with E-state index in [1.165, 1.54) is 17.0 Å². The standard InChI is InChI=1S/C22H25N3O2/c1-26-15-18-12-16(8-9-21(18)27-2)13-25-11-10-19-20(14-25)24-22(23-19)17-6-4-3-5-7-17/h3-9,12H,10-11,13-15H2,1-2H3,(H,23,24). The van der Waals surface area contributed by atoms with E-state index in [0.29, 0.717) is 6.61 Å². The number of ether oxygens (including phenoxy) is 2. The van der Waals surface area contributed by atoms with Crippen LogP contribution in [-0.4, -0.2) is 35.6 Å². The number of nitrogens with one attached hydrogen (secondary N) is 1. The molecule has 2 heterocycles. The number of hydrogen-bond donors (Lipinski definition) is 1. The predicted molar refractivity (Wildman–Crippen MR) is 106 cm³/mol. The lowest BCUT2D eigenvalue weighted by atomic mass is 10.1. The average molecular weight is 363 g/mol. The third-order valence-corrected chi connectivity index (χ3v) is 5.01. The van der Waals surface area contributed by atoms with Gasteiger partial charge in [0.1, 0.15) is 11.6 Å². The fourth-order valence-electron chi connectivity index (χ4n) is 3.67. The first-order chi connectivity index (χ1) is 13.3. The Morgan fingerprint density at radius 3 is 2.74 bits per heavy atom. The number of aromatic nitrogens is 2. The molecule has 0 unspecified atom stereocenters. The van der Waals surface area contributed by atoms with Gasteiger partial charge in [0.25, 0.3) is 0 Å². The van der Waals surface area contributed by atoms with E-state index in [9.17, 15) is 0 Å². The van der Waals surface area contributed by atoms with Gasteiger partial charge in [0, 0.05) is 44.3 Å². The van der Waals surface area contributed by atoms with Gasteiger partial charge in [-0.25, -0.2) is 4.98 Å². The van der Waals surface area contributed by atoms with Gasteiger partial charge in [-0.3, -0.25) is 4.90 Å². The molecule has 0 atom stereocenters. The molecule has 3 aromatic rings. The van der Waals surface area contributed by atoms with Crippen molar-refractivity contribution in [1.82, 2.24) is 14.9 Å². The molecule has 4 rings (SSSR count). The van der Waals surface area contributed by atoms with Gasteiger partial charge >= 0.3 is 0 Å². The van der Waals surface area contributed by atoms with Gasteiger partial charge in [0.2, 0.25) is 0 Å². The number of rotatable bonds is 6. The van der Waals surface area contributed by atoms with Crippen molar-refractivity contribution in [2.75, 3.05) is 20.8 Å². The highest BCUT2D eigenvalue weighted by Gasteiger charge is 2.21. The number of benzene rings is 2. The molecule has 0 amide bonds. The number of imidazole rings is 1. The third kappa shape index (κ3) is 3.89. The predicted octanol–water partition coefficient (Wildman–Crippen LogP) is 3.79. The lowest BCUT2D eigenvalue weighted by Crippen LogP contribution is -2.30. The lowest BCUT2D eigenvalue weighted by molar-refractivity contribution is 0.181. The number of aromatic amines is 1. The fraction of sp³-hybridized carbons (Fsp3) is 0.318. The minimum atomic E-state index is 0.558. The maximum absolute atomic E-state index is 5.43. The molecule has 5 nitrogen and oxygen atoms in total. The summed E-state index contributed by atoms with van der Waals surface area (Å²) in [6, 6.07) is 16.7. The monoisotopic (exact) mass is 363 g/mol. The van der Waals surface area contributed by atoms with Crippen molar-refractivity contribution in [3.63, 3.8) is 0 Å². The van der Waals surface area contributed by atoms with Crippen LogP contribution >= 0.6 is 0 Å². The number of H-pyrrole nitrogens is 1. The Labute approximate surface area is 160 Å². The topological polar surface area (TPSA) is 50.4 Å². The highest BCUT2D eigenvalue weighted by atomic mass is 16.5. The molecule has 1 aromatic heterocycles. The Kier molecular flexibility index (Phi) is 5.23. The first-order valence-electron chi connectivity index (χ1n) is 9.27. The van der Waals surface area contributed by atoms with Crippen LogP contribution in [0.2, 0.25) is 0 Å². The molecule has 0 saturated heterocycles. The molecule has 1 N–H and O–H groups in total. The van der Waals surface area contributed by atoms with Crippen LogP contribution in [-0.2, 0) is 30.9 Å². The van der Waals surface area contributed by atoms with Crippen molar-refractivity contribution >= 4 is 0 Å². The summed E-state index contributed by atoms with van der Waals surface area (Å²) >= 11 is 0. The summed E-state index contributed by atoms with van der Waals surface area (Å²) in [6.07, 6.45) is 0.972. The molecule has 1 aliphatic heterocycles. The van der Waals surface area contributed by atoms with Crippen LogP contribution in [0.3, 0.4) is 0 Å². The Bertz CT molecular complexity index is 905. The minimum Gasteiger partial charge on any atom is -0.496 e. The van der Waals surface area contributed by atoms with E-state index in [0.717, 1.165) is 48.8 Å². The second kappa shape index (κ2) is 7.94. The SMILES string of the molecule is COCc1cc(CN2CCc3nc(-c4ccccc4)[nH]c3C2)ccc1OC. The molecule has 27 heavy (non-hydrogen) atoms. The Hall–Kier alpha value is -2.63. The van der Waals surface area contributed by atoms with E-state index >= 15 is 0 Å². The summed E-state index contributed by atoms with van der Waals surface area (Å²) in [6.45, 7) is 3.36. The molecule has 1 aliphatic rings. The maximum Gasteiger partial charge on any atom is 0.137 e. The van der Waals surface area contributed by atoms with E-state index in [4.69, 9.17) is 14.5 Å². The number of methoxy groups -OCH3 is 2. The van der Waals surface area contributed by atoms with E-state index in [1.54, 1.807) is 14.2 Å². The quantitative estimate of drug-likeness (QED) is 0.724. The molecule has 2 aromatic carbocycles. The molecular formula is C22H25N3O2. The maximum atomic E-state index is 5.43. The first-order valence-corrected chi connectivity index (χ1v) is 9.27. The zero-order valence-electron chi connectivity index (χ0n) is 15.9. The van der Waals surface area contributed by atoms with E-state index < -0.39 is 0 Å². The third-order valence-electron chi connectivity index (χ3n) is 5.01. The number of nitrogens with zero attached hydrogens (tertiary/aromatic N) is 2. The molecule has 5 heteroatoms. The van der Waals surface area contributed by atoms with E-state index in [2.05, 4.69) is 34.1 Å². The van der Waals surface area contributed by atoms with Crippen LogP contribution in [0.1, 0.15) is 22.5 Å². The summed E-state index contributed by atoms with van der Waals surface area (Å²) in [5.74, 6) is 1.84. The van der Waals surface area contributed by atoms with E-state index in [1.807, 2.05) is 24.3 Å². The molecule has 0 fully saturated rings. The fourth-order valence-corrected chi connectivity index (χ4v) is 3.67. The zero-order valence-corrected chi connectivity index (χ0v) is 15.9. The molecular weight excluding hydrogens is 338 g/mol. The van der Waals surface area contributed by atoms with Gasteiger partial charge in [-0.05, 0) is 17.7 Å². The van der Waals surface area contributed by atoms with Crippen LogP contribution in [0.4, 0.5) is 0 Å². The van der Waals surface area contributed by atoms with Crippen molar-refractivity contribution in [1.29, 1.82) is 0 Å². The highest BCUT2D eigenvalue weighted by molar-refractivity contribution is 5.55. The van der Waals surface area contributed by atoms with Crippen molar-refractivity contribution in [2.24, 2.45) is 0 Å². The van der Waals surface area contributed by atoms with Crippen LogP contribution < -0.4 is 4.74 Å². The van der Waals surface area contributed by atoms with Gasteiger partial charge in [0.15, 0.2) is 0 Å². The Morgan fingerprint density at radius 2 is 1.96 bits per heavy atom. The summed E-state index contributed by atoms with van der Waals surface area (Å²) < 4.78 is 10.7. The van der Waals surface area contributed by atoms with Crippen molar-refractivity contribution in [2.45, 2.75) is 26.1 Å². The minimum absolute atomic E-state index is 0.558. The summed E-state index contributed by atoms with van der Waals surface area (Å²) in [7, 11) is 3.41. The molecule has 0 bridgehead atoms. The first kappa shape index (κ1) is 17.8. The zero-order chi connectivity index (χ0) is 18.6. The van der Waals surface area contributed by atoms with Gasteiger partial charge in [-0.15, -0.1) is 0 Å². The molecule has 0 spiro atoms. The average Bonchev–Trinajstić information content (AvgIpc) is 3.13. The molecule has 0 radical (unpaired) electrons. The number of hydrogen-bond acceptors (Lipinski definition) is 4. The summed E-state index contributed by atoms with van der Waals surface area (Å²) in [5, 5.41) is 0. The summed E-state index contributed by atoms with van der Waals surface area (Å²) in [5.41, 5.74) is 5.92. The second-order valence-electron chi connectivity index (χ2n) is 6.92. The van der Waals surface area contributed by atoms with Crippen LogP contribution in [0, 0.1) is 0 Å².